The van der Waals surface area contributed by atoms with Crippen molar-refractivity contribution in [1.29, 1.82) is 0 Å². The van der Waals surface area contributed by atoms with Gasteiger partial charge in [-0.1, -0.05) is 53.2 Å². The van der Waals surface area contributed by atoms with Crippen molar-refractivity contribution in [2.24, 2.45) is 0 Å². The minimum Gasteiger partial charge on any atom is -0.493 e. The molecular weight excluding hydrogens is 484 g/mol. The Hall–Kier alpha value is -4.85. The first-order valence-corrected chi connectivity index (χ1v) is 12.1. The van der Waals surface area contributed by atoms with Gasteiger partial charge in [0.15, 0.2) is 22.7 Å². The second-order valence-corrected chi connectivity index (χ2v) is 9.23. The van der Waals surface area contributed by atoms with Gasteiger partial charge in [0.2, 0.25) is 5.76 Å². The van der Waals surface area contributed by atoms with Gasteiger partial charge in [0, 0.05) is 6.07 Å². The van der Waals surface area contributed by atoms with E-state index >= 15 is 0 Å². The normalized spacial score (nSPS) is 14.7. The number of hydrogen-bond acceptors (Lipinski definition) is 7. The fourth-order valence-electron chi connectivity index (χ4n) is 4.76. The third-order valence-electron chi connectivity index (χ3n) is 6.66. The average molecular weight is 509 g/mol. The minimum atomic E-state index is -0.803. The highest BCUT2D eigenvalue weighted by molar-refractivity contribution is 6.10. The van der Waals surface area contributed by atoms with Gasteiger partial charge in [-0.15, -0.1) is 0 Å². The maximum absolute atomic E-state index is 13.7. The van der Waals surface area contributed by atoms with Gasteiger partial charge in [0.25, 0.3) is 5.91 Å². The molecule has 0 spiro atoms. The second kappa shape index (κ2) is 9.23. The van der Waals surface area contributed by atoms with E-state index in [9.17, 15) is 9.59 Å². The predicted octanol–water partition coefficient (Wildman–Crippen LogP) is 5.74. The van der Waals surface area contributed by atoms with Crippen LogP contribution in [0.5, 0.6) is 11.5 Å². The van der Waals surface area contributed by atoms with Crippen molar-refractivity contribution in [2.75, 3.05) is 12.0 Å². The summed E-state index contributed by atoms with van der Waals surface area (Å²) >= 11 is 0. The van der Waals surface area contributed by atoms with Crippen LogP contribution in [0.15, 0.2) is 86.5 Å². The lowest BCUT2D eigenvalue weighted by atomic mass is 9.98. The monoisotopic (exact) mass is 508 g/mol. The molecule has 38 heavy (non-hydrogen) atoms. The zero-order valence-electron chi connectivity index (χ0n) is 21.1. The van der Waals surface area contributed by atoms with Crippen molar-refractivity contribution in [3.05, 3.63) is 117 Å². The van der Waals surface area contributed by atoms with Crippen molar-refractivity contribution >= 4 is 22.7 Å². The molecule has 190 valence electrons. The largest absolute Gasteiger partial charge is 0.493 e. The van der Waals surface area contributed by atoms with Crippen molar-refractivity contribution in [1.82, 2.24) is 5.16 Å². The quantitative estimate of drug-likeness (QED) is 0.289. The first kappa shape index (κ1) is 23.5. The number of carbonyl (C=O) groups is 1. The van der Waals surface area contributed by atoms with Gasteiger partial charge in [-0.3, -0.25) is 14.5 Å². The molecule has 0 saturated heterocycles. The molecule has 0 radical (unpaired) electrons. The van der Waals surface area contributed by atoms with E-state index in [1.54, 1.807) is 56.5 Å². The Morgan fingerprint density at radius 1 is 0.947 bits per heavy atom. The van der Waals surface area contributed by atoms with Crippen LogP contribution in [-0.2, 0) is 6.61 Å². The van der Waals surface area contributed by atoms with Gasteiger partial charge in [0.05, 0.1) is 24.1 Å². The highest BCUT2D eigenvalue weighted by atomic mass is 16.5. The fraction of sp³-hybridized carbons (Fsp3) is 0.167. The summed E-state index contributed by atoms with van der Waals surface area (Å²) in [5.74, 6) is 1.33. The van der Waals surface area contributed by atoms with E-state index in [0.717, 1.165) is 5.56 Å². The average Bonchev–Trinajstić information content (AvgIpc) is 3.49. The highest BCUT2D eigenvalue weighted by Crippen LogP contribution is 2.43. The summed E-state index contributed by atoms with van der Waals surface area (Å²) in [5.41, 5.74) is 3.14. The number of hydrogen-bond donors (Lipinski definition) is 0. The Labute approximate surface area is 218 Å². The number of aromatic nitrogens is 1. The summed E-state index contributed by atoms with van der Waals surface area (Å²) in [7, 11) is 1.55. The molecule has 1 amide bonds. The molecule has 8 nitrogen and oxygen atoms in total. The molecule has 2 aromatic heterocycles. The lowest BCUT2D eigenvalue weighted by Crippen LogP contribution is -2.29. The lowest BCUT2D eigenvalue weighted by Gasteiger charge is -2.23. The SMILES string of the molecule is COc1cc([C@H]2c3c(oc4ccccc4c3=O)C(=O)N2c2cc(C)on2)ccc1OCc1ccc(C)cc1. The van der Waals surface area contributed by atoms with Gasteiger partial charge in [-0.05, 0) is 49.2 Å². The van der Waals surface area contributed by atoms with Gasteiger partial charge < -0.3 is 18.4 Å². The van der Waals surface area contributed by atoms with Crippen molar-refractivity contribution < 1.29 is 23.2 Å². The van der Waals surface area contributed by atoms with Crippen LogP contribution in [0.25, 0.3) is 11.0 Å². The molecule has 0 N–H and O–H groups in total. The van der Waals surface area contributed by atoms with E-state index in [-0.39, 0.29) is 22.6 Å². The van der Waals surface area contributed by atoms with Crippen LogP contribution in [0.4, 0.5) is 5.82 Å². The smallest absolute Gasteiger partial charge is 0.296 e. The molecule has 0 bridgehead atoms. The molecular formula is C30H24N2O6. The Morgan fingerprint density at radius 3 is 2.47 bits per heavy atom. The number of anilines is 1. The molecule has 3 heterocycles. The van der Waals surface area contributed by atoms with E-state index in [0.29, 0.717) is 40.4 Å². The summed E-state index contributed by atoms with van der Waals surface area (Å²) in [6.45, 7) is 4.13. The van der Waals surface area contributed by atoms with E-state index < -0.39 is 11.9 Å². The first-order valence-electron chi connectivity index (χ1n) is 12.1. The highest BCUT2D eigenvalue weighted by Gasteiger charge is 2.45. The molecule has 0 saturated carbocycles. The molecule has 0 unspecified atom stereocenters. The van der Waals surface area contributed by atoms with E-state index in [1.807, 2.05) is 37.3 Å². The topological polar surface area (TPSA) is 95.0 Å². The van der Waals surface area contributed by atoms with Crippen molar-refractivity contribution in [2.45, 2.75) is 26.5 Å². The van der Waals surface area contributed by atoms with Gasteiger partial charge >= 0.3 is 0 Å². The fourth-order valence-corrected chi connectivity index (χ4v) is 4.76. The number of fused-ring (bicyclic) bond motifs is 2. The summed E-state index contributed by atoms with van der Waals surface area (Å²) in [4.78, 5) is 28.8. The van der Waals surface area contributed by atoms with Crippen LogP contribution in [0.1, 0.15) is 44.6 Å². The third kappa shape index (κ3) is 3.91. The van der Waals surface area contributed by atoms with E-state index in [4.69, 9.17) is 18.4 Å². The van der Waals surface area contributed by atoms with Gasteiger partial charge in [0.1, 0.15) is 18.0 Å². The number of carbonyl (C=O) groups excluding carboxylic acids is 1. The third-order valence-corrected chi connectivity index (χ3v) is 6.66. The molecule has 1 atom stereocenters. The first-order chi connectivity index (χ1) is 18.4. The Kier molecular flexibility index (Phi) is 5.72. The lowest BCUT2D eigenvalue weighted by molar-refractivity contribution is 0.0969. The molecule has 5 aromatic rings. The number of nitrogens with zero attached hydrogens (tertiary/aromatic N) is 2. The summed E-state index contributed by atoms with van der Waals surface area (Å²) in [6, 6.07) is 21.2. The standard InChI is InChI=1S/C30H24N2O6/c1-17-8-10-19(11-9-17)16-36-23-13-12-20(15-24(23)35-3)27-26-28(33)21-6-4-5-7-22(21)37-29(26)30(34)32(27)25-14-18(2)38-31-25/h4-15,27H,16H2,1-3H3/t27-/m0/s1. The van der Waals surface area contributed by atoms with Crippen LogP contribution >= 0.6 is 0 Å². The number of rotatable bonds is 6. The number of aryl methyl sites for hydroxylation is 2. The van der Waals surface area contributed by atoms with Gasteiger partial charge in [-0.25, -0.2) is 0 Å². The van der Waals surface area contributed by atoms with Crippen LogP contribution in [0.2, 0.25) is 0 Å². The number of methoxy groups -OCH3 is 1. The number of para-hydroxylation sites is 1. The van der Waals surface area contributed by atoms with Crippen LogP contribution in [0, 0.1) is 13.8 Å². The Balaban J connectivity index is 1.45. The minimum absolute atomic E-state index is 0.0157. The molecule has 0 fully saturated rings. The number of amides is 1. The molecule has 3 aromatic carbocycles. The van der Waals surface area contributed by atoms with Crippen LogP contribution in [0.3, 0.4) is 0 Å². The molecule has 8 heteroatoms. The van der Waals surface area contributed by atoms with E-state index in [2.05, 4.69) is 5.16 Å². The molecule has 1 aliphatic heterocycles. The van der Waals surface area contributed by atoms with Crippen molar-refractivity contribution in [3.63, 3.8) is 0 Å². The number of ether oxygens (including phenoxy) is 2. The predicted molar refractivity (Wildman–Crippen MR) is 141 cm³/mol. The zero-order valence-corrected chi connectivity index (χ0v) is 21.1. The van der Waals surface area contributed by atoms with Crippen LogP contribution in [-0.4, -0.2) is 18.2 Å². The second-order valence-electron chi connectivity index (χ2n) is 9.23. The Bertz CT molecular complexity index is 1730. The maximum Gasteiger partial charge on any atom is 0.296 e. The molecule has 1 aliphatic rings. The molecule has 0 aliphatic carbocycles. The maximum atomic E-state index is 13.7. The summed E-state index contributed by atoms with van der Waals surface area (Å²) in [6.07, 6.45) is 0. The number of benzene rings is 3. The van der Waals surface area contributed by atoms with Gasteiger partial charge in [-0.2, -0.15) is 0 Å². The zero-order chi connectivity index (χ0) is 26.4. The van der Waals surface area contributed by atoms with Crippen LogP contribution < -0.4 is 19.8 Å². The van der Waals surface area contributed by atoms with Crippen molar-refractivity contribution in [3.8, 4) is 11.5 Å². The Morgan fingerprint density at radius 2 is 1.74 bits per heavy atom. The van der Waals surface area contributed by atoms with E-state index in [1.165, 1.54) is 10.5 Å². The molecule has 6 rings (SSSR count). The summed E-state index contributed by atoms with van der Waals surface area (Å²) in [5, 5.41) is 4.46. The summed E-state index contributed by atoms with van der Waals surface area (Å²) < 4.78 is 22.9.